The minimum absolute atomic E-state index is 0.516. The van der Waals surface area contributed by atoms with E-state index >= 15 is 0 Å². The lowest BCUT2D eigenvalue weighted by atomic mass is 9.90. The van der Waals surface area contributed by atoms with Crippen LogP contribution in [-0.2, 0) is 10.3 Å². The van der Waals surface area contributed by atoms with Gasteiger partial charge in [-0.2, -0.15) is 0 Å². The molecule has 1 aromatic rings. The molecular weight excluding hydrogens is 233 g/mol. The molecule has 2 N–H and O–H groups in total. The fourth-order valence-corrected chi connectivity index (χ4v) is 1.89. The Hall–Kier alpha value is -0.280. The second-order valence-electron chi connectivity index (χ2n) is 3.78. The van der Waals surface area contributed by atoms with Crippen molar-refractivity contribution in [2.75, 3.05) is 13.7 Å². The normalized spacial score (nSPS) is 15.0. The van der Waals surface area contributed by atoms with E-state index in [1.165, 1.54) is 0 Å². The van der Waals surface area contributed by atoms with Crippen molar-refractivity contribution in [2.24, 2.45) is 5.73 Å². The van der Waals surface area contributed by atoms with Crippen LogP contribution in [-0.4, -0.2) is 13.7 Å². The highest BCUT2D eigenvalue weighted by Crippen LogP contribution is 2.30. The summed E-state index contributed by atoms with van der Waals surface area (Å²) in [5, 5.41) is 1.28. The number of rotatable bonds is 4. The fourth-order valence-electron chi connectivity index (χ4n) is 1.38. The molecule has 0 aliphatic rings. The molecule has 0 aliphatic carbocycles. The minimum Gasteiger partial charge on any atom is -0.385 e. The predicted octanol–water partition coefficient (Wildman–Crippen LogP) is 3.20. The summed E-state index contributed by atoms with van der Waals surface area (Å²) in [5.41, 5.74) is 6.51. The summed E-state index contributed by atoms with van der Waals surface area (Å²) in [7, 11) is 1.65. The molecule has 0 aliphatic heterocycles. The van der Waals surface area contributed by atoms with Gasteiger partial charge < -0.3 is 10.5 Å². The van der Waals surface area contributed by atoms with Crippen LogP contribution in [0.25, 0.3) is 0 Å². The summed E-state index contributed by atoms with van der Waals surface area (Å²) in [5.74, 6) is 0. The van der Waals surface area contributed by atoms with Gasteiger partial charge >= 0.3 is 0 Å². The molecule has 2 nitrogen and oxygen atoms in total. The first kappa shape index (κ1) is 12.8. The van der Waals surface area contributed by atoms with Crippen molar-refractivity contribution in [3.05, 3.63) is 33.8 Å². The van der Waals surface area contributed by atoms with Crippen molar-refractivity contribution >= 4 is 23.2 Å². The van der Waals surface area contributed by atoms with Crippen molar-refractivity contribution in [1.29, 1.82) is 0 Å². The molecule has 0 saturated carbocycles. The van der Waals surface area contributed by atoms with Crippen LogP contribution >= 0.6 is 23.2 Å². The molecule has 1 rings (SSSR count). The van der Waals surface area contributed by atoms with Gasteiger partial charge in [-0.05, 0) is 37.1 Å². The minimum atomic E-state index is -0.516. The Balaban J connectivity index is 2.97. The smallest absolute Gasteiger partial charge is 0.0483 e. The zero-order chi connectivity index (χ0) is 11.5. The molecule has 1 atom stereocenters. The molecule has 1 unspecified atom stereocenters. The Morgan fingerprint density at radius 2 is 2.07 bits per heavy atom. The SMILES string of the molecule is COCCC(C)(N)c1cc(Cl)ccc1Cl. The number of benzene rings is 1. The lowest BCUT2D eigenvalue weighted by molar-refractivity contribution is 0.172. The van der Waals surface area contributed by atoms with Crippen LogP contribution < -0.4 is 5.73 Å². The second kappa shape index (κ2) is 5.17. The predicted molar refractivity (Wildman–Crippen MR) is 64.5 cm³/mol. The number of hydrogen-bond donors (Lipinski definition) is 1. The topological polar surface area (TPSA) is 35.2 Å². The Bertz CT molecular complexity index is 339. The van der Waals surface area contributed by atoms with E-state index in [4.69, 9.17) is 33.7 Å². The summed E-state index contributed by atoms with van der Waals surface area (Å²) >= 11 is 12.0. The molecule has 4 heteroatoms. The summed E-state index contributed by atoms with van der Waals surface area (Å²) in [4.78, 5) is 0. The van der Waals surface area contributed by atoms with Gasteiger partial charge in [-0.1, -0.05) is 23.2 Å². The highest BCUT2D eigenvalue weighted by atomic mass is 35.5. The first-order chi connectivity index (χ1) is 6.97. The molecule has 0 spiro atoms. The van der Waals surface area contributed by atoms with Crippen LogP contribution in [0, 0.1) is 0 Å². The molecule has 1 aromatic carbocycles. The van der Waals surface area contributed by atoms with Gasteiger partial charge in [-0.15, -0.1) is 0 Å². The van der Waals surface area contributed by atoms with Gasteiger partial charge in [0.25, 0.3) is 0 Å². The Labute approximate surface area is 100 Å². The average molecular weight is 248 g/mol. The number of nitrogens with two attached hydrogens (primary N) is 1. The van der Waals surface area contributed by atoms with Gasteiger partial charge in [0.05, 0.1) is 0 Å². The van der Waals surface area contributed by atoms with Gasteiger partial charge in [-0.25, -0.2) is 0 Å². The van der Waals surface area contributed by atoms with Crippen molar-refractivity contribution in [1.82, 2.24) is 0 Å². The van der Waals surface area contributed by atoms with Crippen LogP contribution in [0.1, 0.15) is 18.9 Å². The monoisotopic (exact) mass is 247 g/mol. The van der Waals surface area contributed by atoms with E-state index in [0.29, 0.717) is 23.1 Å². The number of methoxy groups -OCH3 is 1. The molecular formula is C11H15Cl2NO. The Morgan fingerprint density at radius 1 is 1.40 bits per heavy atom. The lowest BCUT2D eigenvalue weighted by Crippen LogP contribution is -2.34. The maximum Gasteiger partial charge on any atom is 0.0483 e. The molecule has 0 heterocycles. The van der Waals surface area contributed by atoms with E-state index < -0.39 is 5.54 Å². The molecule has 0 bridgehead atoms. The van der Waals surface area contributed by atoms with E-state index in [2.05, 4.69) is 0 Å². The standard InChI is InChI=1S/C11H15Cl2NO/c1-11(14,5-6-15-2)9-7-8(12)3-4-10(9)13/h3-4,7H,5-6,14H2,1-2H3. The molecule has 0 fully saturated rings. The highest BCUT2D eigenvalue weighted by Gasteiger charge is 2.23. The van der Waals surface area contributed by atoms with E-state index in [-0.39, 0.29) is 0 Å². The van der Waals surface area contributed by atoms with E-state index in [1.807, 2.05) is 6.92 Å². The second-order valence-corrected chi connectivity index (χ2v) is 4.63. The Kier molecular flexibility index (Phi) is 4.41. The van der Waals surface area contributed by atoms with Crippen molar-refractivity contribution in [3.63, 3.8) is 0 Å². The number of hydrogen-bond acceptors (Lipinski definition) is 2. The number of ether oxygens (including phenoxy) is 1. The quantitative estimate of drug-likeness (QED) is 0.887. The molecule has 0 radical (unpaired) electrons. The van der Waals surface area contributed by atoms with E-state index in [1.54, 1.807) is 25.3 Å². The van der Waals surface area contributed by atoms with E-state index in [0.717, 1.165) is 5.56 Å². The molecule has 84 valence electrons. The maximum atomic E-state index is 6.17. The average Bonchev–Trinajstić information content (AvgIpc) is 2.18. The molecule has 15 heavy (non-hydrogen) atoms. The first-order valence-electron chi connectivity index (χ1n) is 4.71. The zero-order valence-corrected chi connectivity index (χ0v) is 10.4. The zero-order valence-electron chi connectivity index (χ0n) is 8.89. The molecule has 0 amide bonds. The van der Waals surface area contributed by atoms with Gasteiger partial charge in [0.1, 0.15) is 0 Å². The highest BCUT2D eigenvalue weighted by molar-refractivity contribution is 6.33. The molecule has 0 aromatic heterocycles. The van der Waals surface area contributed by atoms with Crippen molar-refractivity contribution in [3.8, 4) is 0 Å². The lowest BCUT2D eigenvalue weighted by Gasteiger charge is -2.26. The third-order valence-corrected chi connectivity index (χ3v) is 2.93. The summed E-state index contributed by atoms with van der Waals surface area (Å²) in [6.45, 7) is 2.51. The maximum absolute atomic E-state index is 6.17. The molecule has 0 saturated heterocycles. The van der Waals surface area contributed by atoms with Gasteiger partial charge in [0, 0.05) is 29.3 Å². The van der Waals surface area contributed by atoms with Crippen LogP contribution in [0.3, 0.4) is 0 Å². The summed E-state index contributed by atoms with van der Waals surface area (Å²) in [6.07, 6.45) is 0.698. The fraction of sp³-hybridized carbons (Fsp3) is 0.455. The van der Waals surface area contributed by atoms with Gasteiger partial charge in [0.15, 0.2) is 0 Å². The third-order valence-electron chi connectivity index (χ3n) is 2.37. The number of halogens is 2. The third kappa shape index (κ3) is 3.35. The van der Waals surface area contributed by atoms with Gasteiger partial charge in [-0.3, -0.25) is 0 Å². The van der Waals surface area contributed by atoms with Gasteiger partial charge in [0.2, 0.25) is 0 Å². The van der Waals surface area contributed by atoms with Crippen LogP contribution in [0.15, 0.2) is 18.2 Å². The van der Waals surface area contributed by atoms with Crippen LogP contribution in [0.5, 0.6) is 0 Å². The van der Waals surface area contributed by atoms with Crippen LogP contribution in [0.2, 0.25) is 10.0 Å². The van der Waals surface area contributed by atoms with Crippen LogP contribution in [0.4, 0.5) is 0 Å². The first-order valence-corrected chi connectivity index (χ1v) is 5.46. The van der Waals surface area contributed by atoms with Crippen molar-refractivity contribution in [2.45, 2.75) is 18.9 Å². The Morgan fingerprint density at radius 3 is 2.67 bits per heavy atom. The summed E-state index contributed by atoms with van der Waals surface area (Å²) in [6, 6.07) is 5.32. The summed E-state index contributed by atoms with van der Waals surface area (Å²) < 4.78 is 5.01. The van der Waals surface area contributed by atoms with Crippen molar-refractivity contribution < 1.29 is 4.74 Å². The largest absolute Gasteiger partial charge is 0.385 e. The van der Waals surface area contributed by atoms with E-state index in [9.17, 15) is 0 Å².